The fourth-order valence-electron chi connectivity index (χ4n) is 5.99. The van der Waals surface area contributed by atoms with Gasteiger partial charge in [-0.3, -0.25) is 19.7 Å². The third-order valence-corrected chi connectivity index (χ3v) is 8.52. The molecule has 2 heterocycles. The molecule has 3 amide bonds. The number of methoxy groups -OCH3 is 2. The zero-order chi connectivity index (χ0) is 40.1. The van der Waals surface area contributed by atoms with Crippen LogP contribution >= 0.6 is 0 Å². The number of hydrogen-bond donors (Lipinski definition) is 2. The van der Waals surface area contributed by atoms with E-state index < -0.39 is 24.0 Å². The number of esters is 1. The van der Waals surface area contributed by atoms with Crippen molar-refractivity contribution in [1.29, 1.82) is 0 Å². The number of carbonyl (C=O) groups excluding carboxylic acids is 4. The van der Waals surface area contributed by atoms with Crippen LogP contribution in [0.3, 0.4) is 0 Å². The van der Waals surface area contributed by atoms with Gasteiger partial charge in [0.15, 0.2) is 23.0 Å². The van der Waals surface area contributed by atoms with E-state index in [0.717, 1.165) is 11.1 Å². The zero-order valence-electron chi connectivity index (χ0n) is 31.9. The van der Waals surface area contributed by atoms with Crippen LogP contribution in [-0.2, 0) is 14.3 Å². The topological polar surface area (TPSA) is 168 Å². The fourth-order valence-corrected chi connectivity index (χ4v) is 5.99. The summed E-state index contributed by atoms with van der Waals surface area (Å²) in [6.07, 6.45) is 13.1. The van der Waals surface area contributed by atoms with Gasteiger partial charge in [0, 0.05) is 49.6 Å². The van der Waals surface area contributed by atoms with Crippen molar-refractivity contribution in [2.75, 3.05) is 51.7 Å². The summed E-state index contributed by atoms with van der Waals surface area (Å²) in [5.74, 6) is -0.0934. The van der Waals surface area contributed by atoms with Gasteiger partial charge in [-0.25, -0.2) is 4.79 Å². The smallest absolute Gasteiger partial charge is 0.411 e. The van der Waals surface area contributed by atoms with Crippen LogP contribution in [0.1, 0.15) is 60.7 Å². The maximum atomic E-state index is 14.1. The SMILES string of the molecule is [CH2][C@H]1CC(/C=C/C)=CN1C(=O)c1cc(OC)c(OCCCOc2cc(NC(=O)OCC=C)c(C(=O)N3C=C(/C=C/C)C[C@H]3COC(C)=O)cc2OC)cc1N. The van der Waals surface area contributed by atoms with E-state index in [2.05, 4.69) is 18.8 Å². The zero-order valence-corrected chi connectivity index (χ0v) is 31.9. The van der Waals surface area contributed by atoms with Gasteiger partial charge in [-0.15, -0.1) is 0 Å². The Morgan fingerprint density at radius 2 is 1.42 bits per heavy atom. The lowest BCUT2D eigenvalue weighted by Gasteiger charge is -2.25. The third kappa shape index (κ3) is 10.7. The Morgan fingerprint density at radius 1 is 0.836 bits per heavy atom. The summed E-state index contributed by atoms with van der Waals surface area (Å²) in [6, 6.07) is 5.30. The quantitative estimate of drug-likeness (QED) is 0.0771. The van der Waals surface area contributed by atoms with Gasteiger partial charge in [-0.2, -0.15) is 0 Å². The molecule has 0 aromatic heterocycles. The van der Waals surface area contributed by atoms with E-state index in [1.54, 1.807) is 29.4 Å². The lowest BCUT2D eigenvalue weighted by molar-refractivity contribution is -0.142. The highest BCUT2D eigenvalue weighted by Gasteiger charge is 2.33. The Hall–Kier alpha value is -6.18. The summed E-state index contributed by atoms with van der Waals surface area (Å²) in [4.78, 5) is 54.8. The molecule has 0 unspecified atom stereocenters. The Morgan fingerprint density at radius 3 is 2.02 bits per heavy atom. The van der Waals surface area contributed by atoms with Crippen molar-refractivity contribution in [3.05, 3.63) is 103 Å². The summed E-state index contributed by atoms with van der Waals surface area (Å²) < 4.78 is 33.5. The Balaban J connectivity index is 1.49. The first kappa shape index (κ1) is 41.6. The van der Waals surface area contributed by atoms with E-state index in [1.807, 2.05) is 38.2 Å². The Bertz CT molecular complexity index is 1880. The number of nitrogens with one attached hydrogen (secondary N) is 1. The molecule has 0 fully saturated rings. The van der Waals surface area contributed by atoms with Crippen molar-refractivity contribution in [2.45, 2.75) is 52.1 Å². The summed E-state index contributed by atoms with van der Waals surface area (Å²) in [5, 5.41) is 2.63. The minimum Gasteiger partial charge on any atom is -0.493 e. The highest BCUT2D eigenvalue weighted by atomic mass is 16.6. The number of amides is 3. The van der Waals surface area contributed by atoms with Gasteiger partial charge in [0.05, 0.1) is 50.3 Å². The van der Waals surface area contributed by atoms with Gasteiger partial charge in [0.25, 0.3) is 11.8 Å². The van der Waals surface area contributed by atoms with E-state index in [1.165, 1.54) is 44.3 Å². The molecule has 4 rings (SSSR count). The van der Waals surface area contributed by atoms with Crippen molar-refractivity contribution in [3.63, 3.8) is 0 Å². The minimum atomic E-state index is -0.816. The number of carbonyl (C=O) groups is 4. The molecule has 0 bridgehead atoms. The van der Waals surface area contributed by atoms with Gasteiger partial charge in [-0.05, 0) is 56.9 Å². The summed E-state index contributed by atoms with van der Waals surface area (Å²) in [6.45, 7) is 13.0. The van der Waals surface area contributed by atoms with E-state index >= 15 is 0 Å². The average molecular weight is 758 g/mol. The molecule has 14 nitrogen and oxygen atoms in total. The van der Waals surface area contributed by atoms with Crippen LogP contribution in [0.2, 0.25) is 0 Å². The molecule has 0 saturated heterocycles. The number of anilines is 2. The van der Waals surface area contributed by atoms with Crippen LogP contribution in [0.25, 0.3) is 0 Å². The second kappa shape index (κ2) is 19.8. The molecule has 55 heavy (non-hydrogen) atoms. The van der Waals surface area contributed by atoms with Crippen LogP contribution < -0.4 is 30.0 Å². The number of benzene rings is 2. The number of nitrogens with two attached hydrogens (primary N) is 1. The van der Waals surface area contributed by atoms with Gasteiger partial charge in [0.1, 0.15) is 13.2 Å². The third-order valence-electron chi connectivity index (χ3n) is 8.52. The van der Waals surface area contributed by atoms with Crippen molar-refractivity contribution >= 4 is 35.3 Å². The van der Waals surface area contributed by atoms with Gasteiger partial charge < -0.3 is 44.0 Å². The number of hydrogen-bond acceptors (Lipinski definition) is 11. The molecule has 2 aliphatic heterocycles. The molecule has 0 saturated carbocycles. The van der Waals surface area contributed by atoms with Gasteiger partial charge in [-0.1, -0.05) is 37.0 Å². The van der Waals surface area contributed by atoms with Crippen molar-refractivity contribution in [1.82, 2.24) is 9.80 Å². The molecule has 0 aliphatic carbocycles. The molecule has 293 valence electrons. The van der Waals surface area contributed by atoms with Crippen molar-refractivity contribution in [2.24, 2.45) is 0 Å². The number of nitrogens with zero attached hydrogens (tertiary/aromatic N) is 2. The van der Waals surface area contributed by atoms with Crippen molar-refractivity contribution in [3.8, 4) is 23.0 Å². The Labute approximate surface area is 321 Å². The monoisotopic (exact) mass is 757 g/mol. The van der Waals surface area contributed by atoms with E-state index in [4.69, 9.17) is 34.2 Å². The lowest BCUT2D eigenvalue weighted by atomic mass is 10.1. The van der Waals surface area contributed by atoms with E-state index in [-0.39, 0.29) is 72.4 Å². The number of nitrogen functional groups attached to an aromatic ring is 1. The number of rotatable bonds is 17. The largest absolute Gasteiger partial charge is 0.493 e. The summed E-state index contributed by atoms with van der Waals surface area (Å²) in [7, 11) is 2.90. The van der Waals surface area contributed by atoms with Crippen LogP contribution in [0.4, 0.5) is 16.2 Å². The highest BCUT2D eigenvalue weighted by Crippen LogP contribution is 2.37. The Kier molecular flexibility index (Phi) is 14.9. The molecule has 14 heteroatoms. The number of ether oxygens (including phenoxy) is 6. The molecule has 2 aliphatic rings. The van der Waals surface area contributed by atoms with Crippen LogP contribution in [0.5, 0.6) is 23.0 Å². The lowest BCUT2D eigenvalue weighted by Crippen LogP contribution is -2.37. The molecular formula is C41H49N4O10. The first-order valence-corrected chi connectivity index (χ1v) is 17.7. The second-order valence-corrected chi connectivity index (χ2v) is 12.6. The molecular weight excluding hydrogens is 708 g/mol. The van der Waals surface area contributed by atoms with E-state index in [9.17, 15) is 19.2 Å². The maximum Gasteiger partial charge on any atom is 0.411 e. The molecule has 2 aromatic carbocycles. The van der Waals surface area contributed by atoms with E-state index in [0.29, 0.717) is 30.8 Å². The second-order valence-electron chi connectivity index (χ2n) is 12.6. The van der Waals surface area contributed by atoms with Gasteiger partial charge in [0.2, 0.25) is 0 Å². The predicted octanol–water partition coefficient (Wildman–Crippen LogP) is 6.61. The predicted molar refractivity (Wildman–Crippen MR) is 208 cm³/mol. The first-order valence-electron chi connectivity index (χ1n) is 17.7. The van der Waals surface area contributed by atoms with Crippen LogP contribution in [-0.4, -0.2) is 86.4 Å². The minimum absolute atomic E-state index is 0.0189. The summed E-state index contributed by atoms with van der Waals surface area (Å²) in [5.41, 5.74) is 8.86. The average Bonchev–Trinajstić information content (AvgIpc) is 3.74. The maximum absolute atomic E-state index is 14.1. The van der Waals surface area contributed by atoms with Crippen LogP contribution in [0.15, 0.2) is 84.8 Å². The molecule has 0 spiro atoms. The molecule has 2 atom stereocenters. The fraction of sp³-hybridized carbons (Fsp3) is 0.341. The molecule has 2 aromatic rings. The molecule has 1 radical (unpaired) electrons. The molecule has 3 N–H and O–H groups in total. The van der Waals surface area contributed by atoms with Crippen LogP contribution in [0, 0.1) is 6.92 Å². The first-order chi connectivity index (χ1) is 26.4. The summed E-state index contributed by atoms with van der Waals surface area (Å²) >= 11 is 0. The van der Waals surface area contributed by atoms with Crippen molar-refractivity contribution < 1.29 is 47.6 Å². The van der Waals surface area contributed by atoms with Gasteiger partial charge >= 0.3 is 12.1 Å². The normalized spacial score (nSPS) is 16.5. The number of allylic oxidation sites excluding steroid dienone is 4. The standard InChI is InChI=1S/C41H49N4O10/c1-8-12-28-17-26(4)44(23-28)39(47)31-19-35(50-6)37(21-33(31)42)52-15-11-16-53-38-22-34(43-41(49)54-14-10-3)32(20-36(38)51-7)40(48)45-24-29(13-9-2)18-30(45)25-55-27(5)46/h8-10,12-13,19-24,26,30H,3-4,11,14-18,25,42H2,1-2,5-7H3,(H,43,49)/b12-8+,13-9+/t26-,30-/m0/s1. The highest BCUT2D eigenvalue weighted by molar-refractivity contribution is 6.04.